The molecule has 0 saturated carbocycles. The van der Waals surface area contributed by atoms with Crippen molar-refractivity contribution in [3.8, 4) is 0 Å². The Balaban J connectivity index is 2.06. The van der Waals surface area contributed by atoms with Crippen LogP contribution in [0.3, 0.4) is 0 Å². The number of nitrogens with two attached hydrogens (primary N) is 1. The highest BCUT2D eigenvalue weighted by Gasteiger charge is 2.30. The second-order valence-corrected chi connectivity index (χ2v) is 5.36. The SMILES string of the molecule is CC1CCC(C(N)=O)CN1CC(=O)c1ccccc1F. The fourth-order valence-corrected chi connectivity index (χ4v) is 2.59. The fraction of sp³-hybridized carbons (Fsp3) is 0.467. The second kappa shape index (κ2) is 6.13. The maximum absolute atomic E-state index is 13.6. The Morgan fingerprint density at radius 2 is 2.05 bits per heavy atom. The molecule has 0 aromatic heterocycles. The molecule has 2 N–H and O–H groups in total. The van der Waals surface area contributed by atoms with Crippen LogP contribution in [0.1, 0.15) is 30.1 Å². The van der Waals surface area contributed by atoms with E-state index >= 15 is 0 Å². The first-order valence-electron chi connectivity index (χ1n) is 6.80. The number of Topliss-reactive ketones (excluding diaryl/α,β-unsaturated/α-hetero) is 1. The summed E-state index contributed by atoms with van der Waals surface area (Å²) < 4.78 is 13.6. The summed E-state index contributed by atoms with van der Waals surface area (Å²) in [6.45, 7) is 2.59. The molecule has 1 saturated heterocycles. The number of hydrogen-bond acceptors (Lipinski definition) is 3. The number of carbonyl (C=O) groups is 2. The summed E-state index contributed by atoms with van der Waals surface area (Å²) in [5.41, 5.74) is 5.43. The summed E-state index contributed by atoms with van der Waals surface area (Å²) in [5, 5.41) is 0. The van der Waals surface area contributed by atoms with E-state index in [-0.39, 0.29) is 35.8 Å². The molecule has 5 heteroatoms. The highest BCUT2D eigenvalue weighted by molar-refractivity contribution is 5.97. The Morgan fingerprint density at radius 3 is 2.70 bits per heavy atom. The van der Waals surface area contributed by atoms with Crippen LogP contribution in [0.5, 0.6) is 0 Å². The quantitative estimate of drug-likeness (QED) is 0.851. The van der Waals surface area contributed by atoms with Crippen molar-refractivity contribution >= 4 is 11.7 Å². The molecule has 0 aliphatic carbocycles. The van der Waals surface area contributed by atoms with Crippen molar-refractivity contribution in [2.45, 2.75) is 25.8 Å². The monoisotopic (exact) mass is 278 g/mol. The molecule has 4 nitrogen and oxygen atoms in total. The van der Waals surface area contributed by atoms with Crippen LogP contribution in [0, 0.1) is 11.7 Å². The van der Waals surface area contributed by atoms with E-state index in [0.29, 0.717) is 6.54 Å². The first kappa shape index (κ1) is 14.7. The van der Waals surface area contributed by atoms with Crippen LogP contribution in [-0.4, -0.2) is 35.7 Å². The van der Waals surface area contributed by atoms with Crippen LogP contribution in [0.15, 0.2) is 24.3 Å². The van der Waals surface area contributed by atoms with E-state index in [1.807, 2.05) is 11.8 Å². The molecule has 1 aliphatic heterocycles. The van der Waals surface area contributed by atoms with Crippen molar-refractivity contribution in [1.82, 2.24) is 4.90 Å². The number of rotatable bonds is 4. The van der Waals surface area contributed by atoms with Gasteiger partial charge in [0.15, 0.2) is 5.78 Å². The first-order chi connectivity index (χ1) is 9.49. The van der Waals surface area contributed by atoms with Gasteiger partial charge in [-0.25, -0.2) is 4.39 Å². The zero-order valence-electron chi connectivity index (χ0n) is 11.5. The molecule has 1 fully saturated rings. The molecule has 1 heterocycles. The average molecular weight is 278 g/mol. The fourth-order valence-electron chi connectivity index (χ4n) is 2.59. The standard InChI is InChI=1S/C15H19FN2O2/c1-10-6-7-11(15(17)20)8-18(10)9-14(19)12-4-2-3-5-13(12)16/h2-5,10-11H,6-9H2,1H3,(H2,17,20). The first-order valence-corrected chi connectivity index (χ1v) is 6.80. The molecule has 1 aromatic rings. The summed E-state index contributed by atoms with van der Waals surface area (Å²) in [7, 11) is 0. The van der Waals surface area contributed by atoms with Crippen LogP contribution < -0.4 is 5.73 Å². The van der Waals surface area contributed by atoms with Gasteiger partial charge in [-0.3, -0.25) is 14.5 Å². The van der Waals surface area contributed by atoms with Crippen molar-refractivity contribution in [3.05, 3.63) is 35.6 Å². The molecule has 1 aliphatic rings. The molecule has 20 heavy (non-hydrogen) atoms. The zero-order chi connectivity index (χ0) is 14.7. The summed E-state index contributed by atoms with van der Waals surface area (Å²) in [4.78, 5) is 25.3. The van der Waals surface area contributed by atoms with Crippen molar-refractivity contribution in [1.29, 1.82) is 0 Å². The van der Waals surface area contributed by atoms with Gasteiger partial charge in [-0.1, -0.05) is 12.1 Å². The lowest BCUT2D eigenvalue weighted by Gasteiger charge is -2.36. The van der Waals surface area contributed by atoms with E-state index in [1.165, 1.54) is 12.1 Å². The highest BCUT2D eigenvalue weighted by Crippen LogP contribution is 2.22. The van der Waals surface area contributed by atoms with Gasteiger partial charge in [0, 0.05) is 12.6 Å². The largest absolute Gasteiger partial charge is 0.369 e. The smallest absolute Gasteiger partial charge is 0.221 e. The number of amides is 1. The third-order valence-corrected chi connectivity index (χ3v) is 3.93. The number of benzene rings is 1. The normalized spacial score (nSPS) is 23.5. The Hall–Kier alpha value is -1.75. The minimum Gasteiger partial charge on any atom is -0.369 e. The van der Waals surface area contributed by atoms with Crippen LogP contribution in [0.2, 0.25) is 0 Å². The predicted octanol–water partition coefficient (Wildman–Crippen LogP) is 1.59. The summed E-state index contributed by atoms with van der Waals surface area (Å²) in [6.07, 6.45) is 1.57. The van der Waals surface area contributed by atoms with E-state index in [2.05, 4.69) is 0 Å². The highest BCUT2D eigenvalue weighted by atomic mass is 19.1. The van der Waals surface area contributed by atoms with E-state index in [4.69, 9.17) is 5.73 Å². The van der Waals surface area contributed by atoms with Gasteiger partial charge in [-0.05, 0) is 31.9 Å². The molecule has 2 unspecified atom stereocenters. The number of piperidine rings is 1. The van der Waals surface area contributed by atoms with Gasteiger partial charge in [-0.2, -0.15) is 0 Å². The van der Waals surface area contributed by atoms with Gasteiger partial charge in [0.25, 0.3) is 0 Å². The maximum Gasteiger partial charge on any atom is 0.221 e. The molecular formula is C15H19FN2O2. The lowest BCUT2D eigenvalue weighted by molar-refractivity contribution is -0.123. The van der Waals surface area contributed by atoms with Gasteiger partial charge in [0.2, 0.25) is 5.91 Å². The summed E-state index contributed by atoms with van der Waals surface area (Å²) in [5.74, 6) is -1.33. The van der Waals surface area contributed by atoms with E-state index in [1.54, 1.807) is 12.1 Å². The van der Waals surface area contributed by atoms with Gasteiger partial charge >= 0.3 is 0 Å². The Labute approximate surface area is 117 Å². The minimum absolute atomic E-state index is 0.0981. The number of halogens is 1. The molecule has 2 rings (SSSR count). The van der Waals surface area contributed by atoms with E-state index < -0.39 is 5.82 Å². The molecule has 1 aromatic carbocycles. The Morgan fingerprint density at radius 1 is 1.35 bits per heavy atom. The van der Waals surface area contributed by atoms with Gasteiger partial charge in [0.1, 0.15) is 5.82 Å². The lowest BCUT2D eigenvalue weighted by Crippen LogP contribution is -2.47. The molecule has 0 spiro atoms. The van der Waals surface area contributed by atoms with Crippen molar-refractivity contribution < 1.29 is 14.0 Å². The van der Waals surface area contributed by atoms with Crippen LogP contribution >= 0.6 is 0 Å². The Kier molecular flexibility index (Phi) is 4.49. The van der Waals surface area contributed by atoms with Crippen molar-refractivity contribution in [2.24, 2.45) is 11.7 Å². The number of primary amides is 1. The molecule has 2 atom stereocenters. The topological polar surface area (TPSA) is 63.4 Å². The molecular weight excluding hydrogens is 259 g/mol. The van der Waals surface area contributed by atoms with Crippen LogP contribution in [0.25, 0.3) is 0 Å². The third kappa shape index (κ3) is 3.22. The maximum atomic E-state index is 13.6. The van der Waals surface area contributed by atoms with Gasteiger partial charge in [0.05, 0.1) is 18.0 Å². The number of likely N-dealkylation sites (tertiary alicyclic amines) is 1. The van der Waals surface area contributed by atoms with Crippen LogP contribution in [0.4, 0.5) is 4.39 Å². The lowest BCUT2D eigenvalue weighted by atomic mass is 9.92. The van der Waals surface area contributed by atoms with Crippen molar-refractivity contribution in [2.75, 3.05) is 13.1 Å². The molecule has 0 radical (unpaired) electrons. The number of ketones is 1. The Bertz CT molecular complexity index is 518. The second-order valence-electron chi connectivity index (χ2n) is 5.36. The van der Waals surface area contributed by atoms with E-state index in [9.17, 15) is 14.0 Å². The average Bonchev–Trinajstić information content (AvgIpc) is 2.41. The van der Waals surface area contributed by atoms with Gasteiger partial charge < -0.3 is 5.73 Å². The summed E-state index contributed by atoms with van der Waals surface area (Å²) >= 11 is 0. The van der Waals surface area contributed by atoms with Gasteiger partial charge in [-0.15, -0.1) is 0 Å². The summed E-state index contributed by atoms with van der Waals surface area (Å²) in [6, 6.07) is 6.15. The van der Waals surface area contributed by atoms with Crippen molar-refractivity contribution in [3.63, 3.8) is 0 Å². The molecule has 1 amide bonds. The molecule has 0 bridgehead atoms. The van der Waals surface area contributed by atoms with Crippen LogP contribution in [-0.2, 0) is 4.79 Å². The predicted molar refractivity (Wildman–Crippen MR) is 73.7 cm³/mol. The third-order valence-electron chi connectivity index (χ3n) is 3.93. The zero-order valence-corrected chi connectivity index (χ0v) is 11.5. The number of carbonyl (C=O) groups excluding carboxylic acids is 2. The molecule has 108 valence electrons. The minimum atomic E-state index is -0.506. The number of hydrogen-bond donors (Lipinski definition) is 1. The number of nitrogens with zero attached hydrogens (tertiary/aromatic N) is 1. The van der Waals surface area contributed by atoms with E-state index in [0.717, 1.165) is 12.8 Å².